The van der Waals surface area contributed by atoms with Gasteiger partial charge >= 0.3 is 0 Å². The Balaban J connectivity index is 2.47. The van der Waals surface area contributed by atoms with Gasteiger partial charge in [-0.05, 0) is 18.4 Å². The van der Waals surface area contributed by atoms with Gasteiger partial charge in [0.1, 0.15) is 6.29 Å². The summed E-state index contributed by atoms with van der Waals surface area (Å²) < 4.78 is 0. The summed E-state index contributed by atoms with van der Waals surface area (Å²) in [6.45, 7) is 3.60. The molecule has 0 unspecified atom stereocenters. The molecule has 0 heterocycles. The zero-order chi connectivity index (χ0) is 10.2. The van der Waals surface area contributed by atoms with Gasteiger partial charge in [-0.3, -0.25) is 4.79 Å². The minimum atomic E-state index is 0.732. The van der Waals surface area contributed by atoms with E-state index in [1.165, 1.54) is 5.56 Å². The maximum absolute atomic E-state index is 10.4. The Labute approximate surface area is 84.8 Å². The molecule has 0 spiro atoms. The van der Waals surface area contributed by atoms with Crippen LogP contribution in [0.2, 0.25) is 0 Å². The van der Waals surface area contributed by atoms with Gasteiger partial charge in [0, 0.05) is 5.56 Å². The highest BCUT2D eigenvalue weighted by atomic mass is 16.1. The lowest BCUT2D eigenvalue weighted by Crippen LogP contribution is -1.84. The zero-order valence-corrected chi connectivity index (χ0v) is 8.15. The standard InChI is InChI=1S/C13H14O/c1-2-3-4-5-6-12-7-9-13(11-14)10-8-12/h2-4,7-11H,1,5-6H2/b4-3-. The van der Waals surface area contributed by atoms with Crippen LogP contribution < -0.4 is 0 Å². The summed E-state index contributed by atoms with van der Waals surface area (Å²) in [5.74, 6) is 0. The van der Waals surface area contributed by atoms with Gasteiger partial charge in [0.2, 0.25) is 0 Å². The fourth-order valence-corrected chi connectivity index (χ4v) is 1.21. The molecule has 14 heavy (non-hydrogen) atoms. The van der Waals surface area contributed by atoms with Crippen molar-refractivity contribution >= 4 is 6.29 Å². The molecule has 1 nitrogen and oxygen atoms in total. The van der Waals surface area contributed by atoms with Gasteiger partial charge in [-0.1, -0.05) is 49.1 Å². The molecule has 0 saturated heterocycles. The van der Waals surface area contributed by atoms with Crippen LogP contribution in [0.5, 0.6) is 0 Å². The summed E-state index contributed by atoms with van der Waals surface area (Å²) in [5, 5.41) is 0. The van der Waals surface area contributed by atoms with Gasteiger partial charge in [0.05, 0.1) is 0 Å². The van der Waals surface area contributed by atoms with Crippen molar-refractivity contribution in [1.82, 2.24) is 0 Å². The lowest BCUT2D eigenvalue weighted by Gasteiger charge is -1.97. The van der Waals surface area contributed by atoms with Crippen molar-refractivity contribution in [2.24, 2.45) is 0 Å². The summed E-state index contributed by atoms with van der Waals surface area (Å²) in [4.78, 5) is 10.4. The smallest absolute Gasteiger partial charge is 0.150 e. The number of allylic oxidation sites excluding steroid dienone is 3. The van der Waals surface area contributed by atoms with E-state index in [1.807, 2.05) is 30.3 Å². The molecule has 0 aliphatic heterocycles. The Morgan fingerprint density at radius 2 is 1.93 bits per heavy atom. The molecule has 1 aromatic carbocycles. The predicted molar refractivity (Wildman–Crippen MR) is 59.5 cm³/mol. The van der Waals surface area contributed by atoms with Crippen molar-refractivity contribution in [3.63, 3.8) is 0 Å². The van der Waals surface area contributed by atoms with E-state index in [9.17, 15) is 4.79 Å². The molecular weight excluding hydrogens is 172 g/mol. The van der Waals surface area contributed by atoms with Crippen LogP contribution in [0.15, 0.2) is 49.1 Å². The Morgan fingerprint density at radius 1 is 1.21 bits per heavy atom. The number of rotatable bonds is 5. The molecule has 0 N–H and O–H groups in total. The summed E-state index contributed by atoms with van der Waals surface area (Å²) in [7, 11) is 0. The molecule has 0 amide bonds. The van der Waals surface area contributed by atoms with Crippen molar-refractivity contribution in [3.05, 3.63) is 60.2 Å². The van der Waals surface area contributed by atoms with Crippen molar-refractivity contribution in [2.45, 2.75) is 12.8 Å². The molecular formula is C13H14O. The fraction of sp³-hybridized carbons (Fsp3) is 0.154. The van der Waals surface area contributed by atoms with E-state index in [0.717, 1.165) is 24.7 Å². The van der Waals surface area contributed by atoms with Crippen molar-refractivity contribution in [1.29, 1.82) is 0 Å². The maximum Gasteiger partial charge on any atom is 0.150 e. The highest BCUT2D eigenvalue weighted by molar-refractivity contribution is 5.74. The van der Waals surface area contributed by atoms with Crippen LogP contribution in [0.25, 0.3) is 0 Å². The van der Waals surface area contributed by atoms with Crippen molar-refractivity contribution in [2.75, 3.05) is 0 Å². The molecule has 0 aliphatic rings. The zero-order valence-electron chi connectivity index (χ0n) is 8.15. The van der Waals surface area contributed by atoms with Crippen LogP contribution in [0.1, 0.15) is 22.3 Å². The summed E-state index contributed by atoms with van der Waals surface area (Å²) in [5.41, 5.74) is 1.99. The van der Waals surface area contributed by atoms with Crippen LogP contribution in [-0.4, -0.2) is 6.29 Å². The predicted octanol–water partition coefficient (Wildman–Crippen LogP) is 3.17. The number of hydrogen-bond acceptors (Lipinski definition) is 1. The van der Waals surface area contributed by atoms with Crippen LogP contribution in [-0.2, 0) is 6.42 Å². The normalized spacial score (nSPS) is 10.3. The number of benzene rings is 1. The van der Waals surface area contributed by atoms with Gasteiger partial charge in [-0.15, -0.1) is 0 Å². The topological polar surface area (TPSA) is 17.1 Å². The Bertz CT molecular complexity index is 320. The van der Waals surface area contributed by atoms with E-state index in [0.29, 0.717) is 0 Å². The first-order valence-electron chi connectivity index (χ1n) is 4.68. The Kier molecular flexibility index (Phi) is 4.42. The molecule has 72 valence electrons. The molecule has 1 aromatic rings. The lowest BCUT2D eigenvalue weighted by atomic mass is 10.1. The SMILES string of the molecule is C=C/C=C\CCc1ccc(C=O)cc1. The second-order valence-corrected chi connectivity index (χ2v) is 3.06. The largest absolute Gasteiger partial charge is 0.298 e. The van der Waals surface area contributed by atoms with E-state index >= 15 is 0 Å². The summed E-state index contributed by atoms with van der Waals surface area (Å²) >= 11 is 0. The molecule has 0 aromatic heterocycles. The molecule has 0 bridgehead atoms. The van der Waals surface area contributed by atoms with Crippen molar-refractivity contribution < 1.29 is 4.79 Å². The highest BCUT2D eigenvalue weighted by Gasteiger charge is 1.91. The maximum atomic E-state index is 10.4. The fourth-order valence-electron chi connectivity index (χ4n) is 1.21. The third-order valence-corrected chi connectivity index (χ3v) is 1.99. The molecule has 0 radical (unpaired) electrons. The van der Waals surface area contributed by atoms with Gasteiger partial charge < -0.3 is 0 Å². The molecule has 0 fully saturated rings. The first-order valence-corrected chi connectivity index (χ1v) is 4.68. The minimum absolute atomic E-state index is 0.732. The number of aldehydes is 1. The lowest BCUT2D eigenvalue weighted by molar-refractivity contribution is 0.112. The van der Waals surface area contributed by atoms with Crippen molar-refractivity contribution in [3.8, 4) is 0 Å². The molecule has 0 saturated carbocycles. The molecule has 0 atom stereocenters. The molecule has 0 aliphatic carbocycles. The van der Waals surface area contributed by atoms with Gasteiger partial charge in [-0.2, -0.15) is 0 Å². The number of carbonyl (C=O) groups excluding carboxylic acids is 1. The average molecular weight is 186 g/mol. The quantitative estimate of drug-likeness (QED) is 0.510. The number of hydrogen-bond donors (Lipinski definition) is 0. The van der Waals surface area contributed by atoms with Crippen LogP contribution >= 0.6 is 0 Å². The summed E-state index contributed by atoms with van der Waals surface area (Å²) in [6.07, 6.45) is 8.67. The average Bonchev–Trinajstić information content (AvgIpc) is 2.25. The van der Waals surface area contributed by atoms with Crippen LogP contribution in [0, 0.1) is 0 Å². The number of carbonyl (C=O) groups is 1. The highest BCUT2D eigenvalue weighted by Crippen LogP contribution is 2.05. The van der Waals surface area contributed by atoms with Gasteiger partial charge in [-0.25, -0.2) is 0 Å². The van der Waals surface area contributed by atoms with E-state index in [2.05, 4.69) is 12.7 Å². The molecule has 1 rings (SSSR count). The second-order valence-electron chi connectivity index (χ2n) is 3.06. The molecule has 1 heteroatoms. The van der Waals surface area contributed by atoms with Gasteiger partial charge in [0.15, 0.2) is 0 Å². The Hall–Kier alpha value is -1.63. The van der Waals surface area contributed by atoms with E-state index in [4.69, 9.17) is 0 Å². The van der Waals surface area contributed by atoms with E-state index < -0.39 is 0 Å². The van der Waals surface area contributed by atoms with Crippen LogP contribution in [0.3, 0.4) is 0 Å². The minimum Gasteiger partial charge on any atom is -0.298 e. The second kappa shape index (κ2) is 5.92. The third kappa shape index (κ3) is 3.40. The summed E-state index contributed by atoms with van der Waals surface area (Å²) in [6, 6.07) is 7.68. The number of aryl methyl sites for hydroxylation is 1. The first-order chi connectivity index (χ1) is 6.86. The third-order valence-electron chi connectivity index (χ3n) is 1.99. The van der Waals surface area contributed by atoms with Gasteiger partial charge in [0.25, 0.3) is 0 Å². The first kappa shape index (κ1) is 10.5. The van der Waals surface area contributed by atoms with E-state index in [-0.39, 0.29) is 0 Å². The van der Waals surface area contributed by atoms with Crippen LogP contribution in [0.4, 0.5) is 0 Å². The van der Waals surface area contributed by atoms with E-state index in [1.54, 1.807) is 6.08 Å². The Morgan fingerprint density at radius 3 is 2.50 bits per heavy atom. The monoisotopic (exact) mass is 186 g/mol.